The topological polar surface area (TPSA) is 41.4 Å². The molecule has 0 radical (unpaired) electrons. The molecule has 0 aliphatic heterocycles. The van der Waals surface area contributed by atoms with Crippen LogP contribution in [0.2, 0.25) is 0 Å². The number of carbonyl (C=O) groups excluding carboxylic acids is 1. The number of nitrogens with zero attached hydrogens (tertiary/aromatic N) is 4. The first-order chi connectivity index (χ1) is 8.97. The molecule has 0 aliphatic carbocycles. The molecule has 1 aromatic heterocycles. The van der Waals surface area contributed by atoms with Crippen molar-refractivity contribution < 1.29 is 4.79 Å². The first-order valence-electron chi connectivity index (χ1n) is 6.88. The molecule has 19 heavy (non-hydrogen) atoms. The van der Waals surface area contributed by atoms with Crippen LogP contribution in [0.25, 0.3) is 0 Å². The molecule has 0 aliphatic rings. The number of amides is 1. The van der Waals surface area contributed by atoms with Crippen LogP contribution < -0.4 is 0 Å². The van der Waals surface area contributed by atoms with Gasteiger partial charge in [-0.3, -0.25) is 9.69 Å². The Balaban J connectivity index is 2.36. The molecule has 1 rings (SSSR count). The zero-order valence-electron chi connectivity index (χ0n) is 12.8. The summed E-state index contributed by atoms with van der Waals surface area (Å²) in [4.78, 5) is 20.2. The molecule has 1 atom stereocenters. The number of likely N-dealkylation sites (N-methyl/N-ethyl adjacent to an activating group) is 2. The van der Waals surface area contributed by atoms with Crippen LogP contribution in [0.15, 0.2) is 12.4 Å². The predicted molar refractivity (Wildman–Crippen MR) is 76.9 cm³/mol. The van der Waals surface area contributed by atoms with Gasteiger partial charge in [0.15, 0.2) is 0 Å². The predicted octanol–water partition coefficient (Wildman–Crippen LogP) is 1.15. The van der Waals surface area contributed by atoms with Crippen molar-refractivity contribution in [1.29, 1.82) is 0 Å². The molecular formula is C14H26N4O. The maximum absolute atomic E-state index is 12.0. The number of rotatable bonds is 7. The number of imidazole rings is 1. The molecule has 1 amide bonds. The highest BCUT2D eigenvalue weighted by Gasteiger charge is 2.20. The lowest BCUT2D eigenvalue weighted by Crippen LogP contribution is -2.44. The highest BCUT2D eigenvalue weighted by Crippen LogP contribution is 2.04. The Morgan fingerprint density at radius 2 is 2.16 bits per heavy atom. The molecule has 1 heterocycles. The Hall–Kier alpha value is -1.36. The Labute approximate surface area is 116 Å². The number of aromatic nitrogens is 2. The van der Waals surface area contributed by atoms with Gasteiger partial charge in [-0.1, -0.05) is 0 Å². The summed E-state index contributed by atoms with van der Waals surface area (Å²) in [6.07, 6.45) is 5.73. The van der Waals surface area contributed by atoms with Crippen LogP contribution in [0.4, 0.5) is 0 Å². The first-order valence-corrected chi connectivity index (χ1v) is 6.88. The lowest BCUT2D eigenvalue weighted by Gasteiger charge is -2.27. The molecule has 0 aromatic carbocycles. The minimum atomic E-state index is -0.0636. The average molecular weight is 266 g/mol. The maximum Gasteiger partial charge on any atom is 0.239 e. The van der Waals surface area contributed by atoms with Crippen molar-refractivity contribution in [3.63, 3.8) is 0 Å². The molecule has 0 bridgehead atoms. The minimum absolute atomic E-state index is 0.0636. The Morgan fingerprint density at radius 1 is 1.47 bits per heavy atom. The molecule has 0 spiro atoms. The van der Waals surface area contributed by atoms with Crippen molar-refractivity contribution in [2.45, 2.75) is 32.7 Å². The fourth-order valence-electron chi connectivity index (χ4n) is 1.98. The third kappa shape index (κ3) is 4.35. The Bertz CT molecular complexity index is 402. The van der Waals surface area contributed by atoms with Crippen molar-refractivity contribution in [1.82, 2.24) is 19.4 Å². The van der Waals surface area contributed by atoms with Crippen LogP contribution in [-0.4, -0.2) is 58.5 Å². The van der Waals surface area contributed by atoms with E-state index in [1.165, 1.54) is 0 Å². The molecular weight excluding hydrogens is 240 g/mol. The van der Waals surface area contributed by atoms with E-state index in [1.807, 2.05) is 52.0 Å². The summed E-state index contributed by atoms with van der Waals surface area (Å²) in [5, 5.41) is 0. The van der Waals surface area contributed by atoms with Crippen LogP contribution >= 0.6 is 0 Å². The number of hydrogen-bond donors (Lipinski definition) is 0. The normalized spacial score (nSPS) is 12.7. The number of carbonyl (C=O) groups is 1. The van der Waals surface area contributed by atoms with E-state index >= 15 is 0 Å². The highest BCUT2D eigenvalue weighted by molar-refractivity contribution is 5.81. The van der Waals surface area contributed by atoms with E-state index in [0.29, 0.717) is 0 Å². The van der Waals surface area contributed by atoms with E-state index in [1.54, 1.807) is 4.90 Å². The molecule has 5 heteroatoms. The van der Waals surface area contributed by atoms with E-state index in [2.05, 4.69) is 9.88 Å². The summed E-state index contributed by atoms with van der Waals surface area (Å²) in [7, 11) is 5.86. The van der Waals surface area contributed by atoms with Gasteiger partial charge in [0, 0.05) is 39.5 Å². The second-order valence-corrected chi connectivity index (χ2v) is 5.07. The van der Waals surface area contributed by atoms with Crippen molar-refractivity contribution >= 4 is 5.91 Å². The van der Waals surface area contributed by atoms with E-state index in [4.69, 9.17) is 0 Å². The summed E-state index contributed by atoms with van der Waals surface area (Å²) < 4.78 is 2.04. The van der Waals surface area contributed by atoms with E-state index in [0.717, 1.165) is 31.8 Å². The smallest absolute Gasteiger partial charge is 0.239 e. The molecule has 0 fully saturated rings. The minimum Gasteiger partial charge on any atom is -0.345 e. The molecule has 108 valence electrons. The van der Waals surface area contributed by atoms with Gasteiger partial charge in [-0.2, -0.15) is 0 Å². The zero-order valence-corrected chi connectivity index (χ0v) is 12.8. The van der Waals surface area contributed by atoms with Gasteiger partial charge in [0.1, 0.15) is 5.82 Å². The Morgan fingerprint density at radius 3 is 2.68 bits per heavy atom. The van der Waals surface area contributed by atoms with Crippen molar-refractivity contribution in [3.8, 4) is 0 Å². The second-order valence-electron chi connectivity index (χ2n) is 5.07. The van der Waals surface area contributed by atoms with Gasteiger partial charge in [-0.15, -0.1) is 0 Å². The van der Waals surface area contributed by atoms with Gasteiger partial charge in [0.05, 0.1) is 6.04 Å². The quantitative estimate of drug-likeness (QED) is 0.743. The lowest BCUT2D eigenvalue weighted by atomic mass is 10.2. The van der Waals surface area contributed by atoms with Gasteiger partial charge in [0.2, 0.25) is 5.91 Å². The third-order valence-corrected chi connectivity index (χ3v) is 3.70. The van der Waals surface area contributed by atoms with Gasteiger partial charge in [-0.05, 0) is 33.9 Å². The van der Waals surface area contributed by atoms with Gasteiger partial charge >= 0.3 is 0 Å². The molecule has 5 nitrogen and oxygen atoms in total. The van der Waals surface area contributed by atoms with Gasteiger partial charge < -0.3 is 9.47 Å². The molecule has 0 N–H and O–H groups in total. The second kappa shape index (κ2) is 7.28. The maximum atomic E-state index is 12.0. The summed E-state index contributed by atoms with van der Waals surface area (Å²) in [5.41, 5.74) is 0. The van der Waals surface area contributed by atoms with Gasteiger partial charge in [-0.25, -0.2) is 4.98 Å². The summed E-state index contributed by atoms with van der Waals surface area (Å²) in [5.74, 6) is 1.28. The van der Waals surface area contributed by atoms with Crippen LogP contribution in [0, 0.1) is 0 Å². The Kier molecular flexibility index (Phi) is 6.02. The number of aryl methyl sites for hydroxylation is 2. The number of hydrogen-bond acceptors (Lipinski definition) is 3. The highest BCUT2D eigenvalue weighted by atomic mass is 16.2. The molecule has 1 unspecified atom stereocenters. The van der Waals surface area contributed by atoms with E-state index < -0.39 is 0 Å². The standard InChI is InChI=1S/C14H26N4O/c1-6-16(3)14(19)12(2)17(4)10-7-8-13-15-9-11-18(13)5/h9,11-12H,6-8,10H2,1-5H3. The fourth-order valence-corrected chi connectivity index (χ4v) is 1.98. The zero-order chi connectivity index (χ0) is 14.4. The lowest BCUT2D eigenvalue weighted by molar-refractivity contribution is -0.134. The van der Waals surface area contributed by atoms with Crippen LogP contribution in [-0.2, 0) is 18.3 Å². The molecule has 1 aromatic rings. The van der Waals surface area contributed by atoms with Crippen LogP contribution in [0.1, 0.15) is 26.1 Å². The SMILES string of the molecule is CCN(C)C(=O)C(C)N(C)CCCc1nccn1C. The third-order valence-electron chi connectivity index (χ3n) is 3.70. The van der Waals surface area contributed by atoms with Crippen molar-refractivity contribution in [2.24, 2.45) is 7.05 Å². The largest absolute Gasteiger partial charge is 0.345 e. The van der Waals surface area contributed by atoms with Gasteiger partial charge in [0.25, 0.3) is 0 Å². The molecule has 0 saturated heterocycles. The van der Waals surface area contributed by atoms with Crippen molar-refractivity contribution in [3.05, 3.63) is 18.2 Å². The van der Waals surface area contributed by atoms with Crippen LogP contribution in [0.3, 0.4) is 0 Å². The first kappa shape index (κ1) is 15.7. The summed E-state index contributed by atoms with van der Waals surface area (Å²) >= 11 is 0. The van der Waals surface area contributed by atoms with Crippen LogP contribution in [0.5, 0.6) is 0 Å². The summed E-state index contributed by atoms with van der Waals surface area (Å²) in [6.45, 7) is 5.61. The fraction of sp³-hybridized carbons (Fsp3) is 0.714. The average Bonchev–Trinajstić information content (AvgIpc) is 2.81. The molecule has 0 saturated carbocycles. The monoisotopic (exact) mass is 266 g/mol. The van der Waals surface area contributed by atoms with Crippen molar-refractivity contribution in [2.75, 3.05) is 27.2 Å². The van der Waals surface area contributed by atoms with E-state index in [-0.39, 0.29) is 11.9 Å². The summed E-state index contributed by atoms with van der Waals surface area (Å²) in [6, 6.07) is -0.0636. The van der Waals surface area contributed by atoms with E-state index in [9.17, 15) is 4.79 Å².